The summed E-state index contributed by atoms with van der Waals surface area (Å²) in [5.41, 5.74) is 4.31. The Morgan fingerprint density at radius 1 is 0.762 bits per heavy atom. The first-order valence-electron chi connectivity index (χ1n) is 7.95. The van der Waals surface area contributed by atoms with Crippen molar-refractivity contribution in [3.8, 4) is 0 Å². The SMILES string of the molecule is CCOCCOCc1cc(C(C)(C)C)cc(C(C)(C)C)c1. The molecule has 0 saturated heterocycles. The molecule has 1 aromatic carbocycles. The molecular formula is C19H32O2. The minimum Gasteiger partial charge on any atom is -0.379 e. The fourth-order valence-corrected chi connectivity index (χ4v) is 2.09. The van der Waals surface area contributed by atoms with Crippen molar-refractivity contribution < 1.29 is 9.47 Å². The van der Waals surface area contributed by atoms with Crippen molar-refractivity contribution in [2.24, 2.45) is 0 Å². The van der Waals surface area contributed by atoms with Crippen LogP contribution in [-0.2, 0) is 26.9 Å². The molecule has 120 valence electrons. The first-order valence-corrected chi connectivity index (χ1v) is 7.95. The van der Waals surface area contributed by atoms with Crippen LogP contribution in [0.5, 0.6) is 0 Å². The molecule has 0 atom stereocenters. The van der Waals surface area contributed by atoms with E-state index >= 15 is 0 Å². The Hall–Kier alpha value is -0.860. The highest BCUT2D eigenvalue weighted by Gasteiger charge is 2.20. The van der Waals surface area contributed by atoms with Crippen molar-refractivity contribution in [1.29, 1.82) is 0 Å². The zero-order chi connectivity index (χ0) is 16.1. The molecule has 0 spiro atoms. The molecule has 0 N–H and O–H groups in total. The van der Waals surface area contributed by atoms with Gasteiger partial charge >= 0.3 is 0 Å². The first-order chi connectivity index (χ1) is 9.64. The van der Waals surface area contributed by atoms with Crippen molar-refractivity contribution in [1.82, 2.24) is 0 Å². The Balaban J connectivity index is 2.88. The minimum absolute atomic E-state index is 0.154. The minimum atomic E-state index is 0.154. The van der Waals surface area contributed by atoms with E-state index < -0.39 is 0 Å². The zero-order valence-corrected chi connectivity index (χ0v) is 14.9. The lowest BCUT2D eigenvalue weighted by Crippen LogP contribution is -2.17. The molecule has 0 bridgehead atoms. The molecule has 1 rings (SSSR count). The van der Waals surface area contributed by atoms with Gasteiger partial charge in [0.1, 0.15) is 0 Å². The second kappa shape index (κ2) is 7.42. The van der Waals surface area contributed by atoms with Crippen LogP contribution in [0.4, 0.5) is 0 Å². The highest BCUT2D eigenvalue weighted by molar-refractivity contribution is 5.37. The summed E-state index contributed by atoms with van der Waals surface area (Å²) >= 11 is 0. The van der Waals surface area contributed by atoms with Crippen LogP contribution in [0.25, 0.3) is 0 Å². The van der Waals surface area contributed by atoms with Crippen molar-refractivity contribution >= 4 is 0 Å². The van der Waals surface area contributed by atoms with E-state index in [0.717, 1.165) is 6.61 Å². The Morgan fingerprint density at radius 2 is 1.24 bits per heavy atom. The molecule has 0 aliphatic heterocycles. The number of benzene rings is 1. The van der Waals surface area contributed by atoms with Gasteiger partial charge in [-0.15, -0.1) is 0 Å². The maximum absolute atomic E-state index is 5.73. The third kappa shape index (κ3) is 6.19. The van der Waals surface area contributed by atoms with E-state index in [4.69, 9.17) is 9.47 Å². The van der Waals surface area contributed by atoms with Crippen LogP contribution in [0, 0.1) is 0 Å². The van der Waals surface area contributed by atoms with E-state index in [-0.39, 0.29) is 10.8 Å². The van der Waals surface area contributed by atoms with Crippen molar-refractivity contribution in [3.05, 3.63) is 34.9 Å². The zero-order valence-electron chi connectivity index (χ0n) is 14.9. The van der Waals surface area contributed by atoms with Gasteiger partial charge in [0, 0.05) is 6.61 Å². The average Bonchev–Trinajstić information content (AvgIpc) is 2.36. The van der Waals surface area contributed by atoms with Gasteiger partial charge in [0.25, 0.3) is 0 Å². The summed E-state index contributed by atoms with van der Waals surface area (Å²) in [7, 11) is 0. The molecule has 0 amide bonds. The molecule has 21 heavy (non-hydrogen) atoms. The monoisotopic (exact) mass is 292 g/mol. The van der Waals surface area contributed by atoms with Crippen LogP contribution in [0.3, 0.4) is 0 Å². The number of rotatable bonds is 6. The summed E-state index contributed by atoms with van der Waals surface area (Å²) in [6.07, 6.45) is 0. The van der Waals surface area contributed by atoms with Gasteiger partial charge in [-0.3, -0.25) is 0 Å². The maximum atomic E-state index is 5.73. The number of ether oxygens (including phenoxy) is 2. The van der Waals surface area contributed by atoms with Crippen molar-refractivity contribution in [2.75, 3.05) is 19.8 Å². The number of hydrogen-bond donors (Lipinski definition) is 0. The van der Waals surface area contributed by atoms with Gasteiger partial charge in [-0.25, -0.2) is 0 Å². The van der Waals surface area contributed by atoms with Gasteiger partial charge in [0.15, 0.2) is 0 Å². The normalized spacial score (nSPS) is 12.7. The molecule has 0 radical (unpaired) electrons. The smallest absolute Gasteiger partial charge is 0.0718 e. The topological polar surface area (TPSA) is 18.5 Å². The molecule has 0 aromatic heterocycles. The third-order valence-electron chi connectivity index (χ3n) is 3.57. The standard InChI is InChI=1S/C19H32O2/c1-8-20-9-10-21-14-15-11-16(18(2,3)4)13-17(12-15)19(5,6)7/h11-13H,8-10,14H2,1-7H3. The summed E-state index contributed by atoms with van der Waals surface area (Å²) in [6, 6.07) is 6.88. The van der Waals surface area contributed by atoms with E-state index in [1.165, 1.54) is 16.7 Å². The lowest BCUT2D eigenvalue weighted by atomic mass is 9.79. The summed E-state index contributed by atoms with van der Waals surface area (Å²) in [6.45, 7) is 18.3. The van der Waals surface area contributed by atoms with Crippen LogP contribution >= 0.6 is 0 Å². The van der Waals surface area contributed by atoms with Gasteiger partial charge in [-0.2, -0.15) is 0 Å². The predicted octanol–water partition coefficient (Wildman–Crippen LogP) is 4.83. The van der Waals surface area contributed by atoms with Crippen LogP contribution in [0.1, 0.15) is 65.2 Å². The summed E-state index contributed by atoms with van der Waals surface area (Å²) in [4.78, 5) is 0. The second-order valence-electron chi connectivity index (χ2n) is 7.67. The summed E-state index contributed by atoms with van der Waals surface area (Å²) < 4.78 is 11.0. The maximum Gasteiger partial charge on any atom is 0.0718 e. The van der Waals surface area contributed by atoms with Crippen LogP contribution in [-0.4, -0.2) is 19.8 Å². The third-order valence-corrected chi connectivity index (χ3v) is 3.57. The Bertz CT molecular complexity index is 404. The van der Waals surface area contributed by atoms with E-state index in [0.29, 0.717) is 19.8 Å². The molecule has 0 heterocycles. The quantitative estimate of drug-likeness (QED) is 0.699. The molecule has 0 aliphatic rings. The molecular weight excluding hydrogens is 260 g/mol. The summed E-state index contributed by atoms with van der Waals surface area (Å²) in [5.74, 6) is 0. The van der Waals surface area contributed by atoms with E-state index in [1.54, 1.807) is 0 Å². The number of hydrogen-bond acceptors (Lipinski definition) is 2. The Labute approximate surface area is 130 Å². The molecule has 2 heteroatoms. The highest BCUT2D eigenvalue weighted by atomic mass is 16.5. The lowest BCUT2D eigenvalue weighted by Gasteiger charge is -2.26. The Morgan fingerprint density at radius 3 is 1.67 bits per heavy atom. The molecule has 1 aromatic rings. The van der Waals surface area contributed by atoms with Gasteiger partial charge in [0.05, 0.1) is 19.8 Å². The van der Waals surface area contributed by atoms with Crippen LogP contribution in [0.2, 0.25) is 0 Å². The molecule has 0 fully saturated rings. The van der Waals surface area contributed by atoms with E-state index in [9.17, 15) is 0 Å². The van der Waals surface area contributed by atoms with Crippen molar-refractivity contribution in [3.63, 3.8) is 0 Å². The predicted molar refractivity (Wildman–Crippen MR) is 90.0 cm³/mol. The van der Waals surface area contributed by atoms with Crippen LogP contribution in [0.15, 0.2) is 18.2 Å². The van der Waals surface area contributed by atoms with Crippen LogP contribution < -0.4 is 0 Å². The second-order valence-corrected chi connectivity index (χ2v) is 7.67. The molecule has 0 aliphatic carbocycles. The molecule has 0 unspecified atom stereocenters. The summed E-state index contributed by atoms with van der Waals surface area (Å²) in [5, 5.41) is 0. The van der Waals surface area contributed by atoms with Gasteiger partial charge in [-0.1, -0.05) is 59.7 Å². The largest absolute Gasteiger partial charge is 0.379 e. The molecule has 2 nitrogen and oxygen atoms in total. The Kier molecular flexibility index (Phi) is 6.42. The van der Waals surface area contributed by atoms with Gasteiger partial charge < -0.3 is 9.47 Å². The fourth-order valence-electron chi connectivity index (χ4n) is 2.09. The first kappa shape index (κ1) is 18.2. The average molecular weight is 292 g/mol. The highest BCUT2D eigenvalue weighted by Crippen LogP contribution is 2.30. The van der Waals surface area contributed by atoms with E-state index in [2.05, 4.69) is 59.7 Å². The van der Waals surface area contributed by atoms with Gasteiger partial charge in [-0.05, 0) is 34.4 Å². The van der Waals surface area contributed by atoms with E-state index in [1.807, 2.05) is 6.92 Å². The molecule has 0 saturated carbocycles. The lowest BCUT2D eigenvalue weighted by molar-refractivity contribution is 0.0452. The fraction of sp³-hybridized carbons (Fsp3) is 0.684. The van der Waals surface area contributed by atoms with Crippen molar-refractivity contribution in [2.45, 2.75) is 65.9 Å². The van der Waals surface area contributed by atoms with Gasteiger partial charge in [0.2, 0.25) is 0 Å².